The van der Waals surface area contributed by atoms with Gasteiger partial charge in [-0.2, -0.15) is 0 Å². The van der Waals surface area contributed by atoms with Gasteiger partial charge in [-0.3, -0.25) is 4.90 Å². The molecule has 0 radical (unpaired) electrons. The molecule has 1 aliphatic heterocycles. The minimum atomic E-state index is 0.377. The van der Waals surface area contributed by atoms with Crippen molar-refractivity contribution in [1.82, 2.24) is 10.2 Å². The highest BCUT2D eigenvalue weighted by Crippen LogP contribution is 2.37. The Morgan fingerprint density at radius 3 is 2.45 bits per heavy atom. The second kappa shape index (κ2) is 6.67. The topological polar surface area (TPSA) is 35.5 Å². The van der Waals surface area contributed by atoms with Gasteiger partial charge in [0, 0.05) is 37.6 Å². The molecule has 3 rings (SSSR count). The van der Waals surface area contributed by atoms with Crippen molar-refractivity contribution in [2.45, 2.75) is 26.3 Å². The number of hydrogen-bond donors (Lipinski definition) is 2. The summed E-state index contributed by atoms with van der Waals surface area (Å²) in [6.45, 7) is 8.90. The lowest BCUT2D eigenvalue weighted by Crippen LogP contribution is -2.46. The molecule has 3 nitrogen and oxygen atoms in total. The highest BCUT2D eigenvalue weighted by molar-refractivity contribution is 5.91. The van der Waals surface area contributed by atoms with Crippen molar-refractivity contribution in [3.8, 4) is 5.75 Å². The van der Waals surface area contributed by atoms with Gasteiger partial charge in [0.15, 0.2) is 0 Å². The fourth-order valence-corrected chi connectivity index (χ4v) is 3.61. The maximum atomic E-state index is 10.2. The van der Waals surface area contributed by atoms with E-state index in [-0.39, 0.29) is 0 Å². The molecule has 1 saturated heterocycles. The number of fused-ring (bicyclic) bond motifs is 1. The Labute approximate surface area is 132 Å². The van der Waals surface area contributed by atoms with E-state index in [0.29, 0.717) is 17.7 Å². The number of aromatic hydroxyl groups is 1. The van der Waals surface area contributed by atoms with E-state index in [1.165, 1.54) is 10.9 Å². The number of phenols is 1. The van der Waals surface area contributed by atoms with E-state index in [1.807, 2.05) is 18.2 Å². The number of piperazine rings is 1. The summed E-state index contributed by atoms with van der Waals surface area (Å²) in [5.41, 5.74) is 1.35. The first-order valence-corrected chi connectivity index (χ1v) is 8.37. The van der Waals surface area contributed by atoms with Crippen LogP contribution in [0, 0.1) is 5.92 Å². The van der Waals surface area contributed by atoms with Crippen molar-refractivity contribution in [3.05, 3.63) is 42.0 Å². The average Bonchev–Trinajstić information content (AvgIpc) is 2.58. The zero-order valence-electron chi connectivity index (χ0n) is 13.5. The Kier molecular flexibility index (Phi) is 4.65. The van der Waals surface area contributed by atoms with Crippen molar-refractivity contribution in [3.63, 3.8) is 0 Å². The van der Waals surface area contributed by atoms with E-state index in [9.17, 15) is 5.11 Å². The fourth-order valence-electron chi connectivity index (χ4n) is 3.61. The summed E-state index contributed by atoms with van der Waals surface area (Å²) >= 11 is 0. The molecule has 2 N–H and O–H groups in total. The van der Waals surface area contributed by atoms with Gasteiger partial charge in [0.05, 0.1) is 0 Å². The second-order valence-electron chi connectivity index (χ2n) is 6.34. The molecule has 118 valence electrons. The van der Waals surface area contributed by atoms with Gasteiger partial charge in [-0.15, -0.1) is 0 Å². The SMILES string of the molecule is CCC(C)[C@H](c1ccc(O)c2ccccc12)N1CCNCC1. The van der Waals surface area contributed by atoms with Gasteiger partial charge < -0.3 is 10.4 Å². The predicted octanol–water partition coefficient (Wildman–Crippen LogP) is 3.54. The minimum Gasteiger partial charge on any atom is -0.507 e. The van der Waals surface area contributed by atoms with Crippen LogP contribution in [0.25, 0.3) is 10.8 Å². The van der Waals surface area contributed by atoms with Gasteiger partial charge in [-0.25, -0.2) is 0 Å². The van der Waals surface area contributed by atoms with E-state index in [0.717, 1.165) is 38.0 Å². The number of rotatable bonds is 4. The quantitative estimate of drug-likeness (QED) is 0.906. The molecule has 1 aliphatic rings. The lowest BCUT2D eigenvalue weighted by molar-refractivity contribution is 0.129. The zero-order valence-corrected chi connectivity index (χ0v) is 13.5. The van der Waals surface area contributed by atoms with Crippen LogP contribution in [0.3, 0.4) is 0 Å². The van der Waals surface area contributed by atoms with E-state index < -0.39 is 0 Å². The number of nitrogens with one attached hydrogen (secondary N) is 1. The number of phenolic OH excluding ortho intramolecular Hbond substituents is 1. The number of nitrogens with zero attached hydrogens (tertiary/aromatic N) is 1. The molecule has 0 aromatic heterocycles. The minimum absolute atomic E-state index is 0.377. The summed E-state index contributed by atoms with van der Waals surface area (Å²) in [5.74, 6) is 0.966. The second-order valence-corrected chi connectivity index (χ2v) is 6.34. The molecule has 1 unspecified atom stereocenters. The van der Waals surface area contributed by atoms with Crippen molar-refractivity contribution in [1.29, 1.82) is 0 Å². The predicted molar refractivity (Wildman–Crippen MR) is 92.3 cm³/mol. The van der Waals surface area contributed by atoms with Crippen LogP contribution in [0.5, 0.6) is 5.75 Å². The lowest BCUT2D eigenvalue weighted by Gasteiger charge is -2.39. The first-order valence-electron chi connectivity index (χ1n) is 8.37. The van der Waals surface area contributed by atoms with Crippen LogP contribution >= 0.6 is 0 Å². The van der Waals surface area contributed by atoms with Crippen LogP contribution in [0.4, 0.5) is 0 Å². The lowest BCUT2D eigenvalue weighted by atomic mass is 9.87. The van der Waals surface area contributed by atoms with E-state index in [4.69, 9.17) is 0 Å². The molecule has 0 spiro atoms. The average molecular weight is 298 g/mol. The summed E-state index contributed by atoms with van der Waals surface area (Å²) in [5, 5.41) is 15.8. The van der Waals surface area contributed by atoms with Gasteiger partial charge >= 0.3 is 0 Å². The van der Waals surface area contributed by atoms with Crippen molar-refractivity contribution in [2.75, 3.05) is 26.2 Å². The van der Waals surface area contributed by atoms with Gasteiger partial charge in [0.25, 0.3) is 0 Å². The van der Waals surface area contributed by atoms with Gasteiger partial charge in [0.1, 0.15) is 5.75 Å². The molecule has 0 aliphatic carbocycles. The molecule has 0 saturated carbocycles. The molecule has 1 heterocycles. The maximum absolute atomic E-state index is 10.2. The van der Waals surface area contributed by atoms with Crippen molar-refractivity contribution in [2.24, 2.45) is 5.92 Å². The third kappa shape index (κ3) is 2.83. The highest BCUT2D eigenvalue weighted by Gasteiger charge is 2.27. The van der Waals surface area contributed by atoms with Crippen LogP contribution in [0.15, 0.2) is 36.4 Å². The first kappa shape index (κ1) is 15.3. The number of benzene rings is 2. The van der Waals surface area contributed by atoms with E-state index >= 15 is 0 Å². The van der Waals surface area contributed by atoms with E-state index in [2.05, 4.69) is 42.3 Å². The van der Waals surface area contributed by atoms with Crippen LogP contribution in [-0.2, 0) is 0 Å². The summed E-state index contributed by atoms with van der Waals surface area (Å²) in [4.78, 5) is 2.60. The fraction of sp³-hybridized carbons (Fsp3) is 0.474. The Morgan fingerprint density at radius 2 is 1.77 bits per heavy atom. The standard InChI is InChI=1S/C19H26N2O/c1-3-14(2)19(21-12-10-20-11-13-21)17-8-9-18(22)16-7-5-4-6-15(16)17/h4-9,14,19-20,22H,3,10-13H2,1-2H3/t14?,19-/m1/s1. The van der Waals surface area contributed by atoms with Crippen LogP contribution in [0.1, 0.15) is 31.9 Å². The summed E-state index contributed by atoms with van der Waals surface area (Å²) < 4.78 is 0. The van der Waals surface area contributed by atoms with Gasteiger partial charge in [-0.1, -0.05) is 50.6 Å². The van der Waals surface area contributed by atoms with Crippen LogP contribution < -0.4 is 5.32 Å². The molecule has 2 aromatic carbocycles. The normalized spacial score (nSPS) is 19.2. The highest BCUT2D eigenvalue weighted by atomic mass is 16.3. The van der Waals surface area contributed by atoms with Crippen molar-refractivity contribution >= 4 is 10.8 Å². The van der Waals surface area contributed by atoms with E-state index in [1.54, 1.807) is 0 Å². The smallest absolute Gasteiger partial charge is 0.123 e. The Balaban J connectivity index is 2.09. The first-order chi connectivity index (χ1) is 10.7. The van der Waals surface area contributed by atoms with Crippen LogP contribution in [-0.4, -0.2) is 36.2 Å². The third-order valence-electron chi connectivity index (χ3n) is 4.98. The Morgan fingerprint density at radius 1 is 1.09 bits per heavy atom. The molecule has 2 atom stereocenters. The number of hydrogen-bond acceptors (Lipinski definition) is 3. The molecule has 2 aromatic rings. The molecule has 1 fully saturated rings. The third-order valence-corrected chi connectivity index (χ3v) is 4.98. The summed E-state index contributed by atoms with van der Waals surface area (Å²) in [6.07, 6.45) is 1.16. The molecule has 0 amide bonds. The summed E-state index contributed by atoms with van der Waals surface area (Å²) in [7, 11) is 0. The zero-order chi connectivity index (χ0) is 15.5. The van der Waals surface area contributed by atoms with Crippen LogP contribution in [0.2, 0.25) is 0 Å². The molecular weight excluding hydrogens is 272 g/mol. The Bertz CT molecular complexity index is 634. The molecule has 3 heteroatoms. The maximum Gasteiger partial charge on any atom is 0.123 e. The van der Waals surface area contributed by atoms with Gasteiger partial charge in [0.2, 0.25) is 0 Å². The monoisotopic (exact) mass is 298 g/mol. The van der Waals surface area contributed by atoms with Crippen molar-refractivity contribution < 1.29 is 5.11 Å². The van der Waals surface area contributed by atoms with Gasteiger partial charge in [-0.05, 0) is 22.9 Å². The molecule has 22 heavy (non-hydrogen) atoms. The Hall–Kier alpha value is -1.58. The summed E-state index contributed by atoms with van der Waals surface area (Å²) in [6, 6.07) is 12.6. The molecule has 0 bridgehead atoms. The largest absolute Gasteiger partial charge is 0.507 e. The molecular formula is C19H26N2O.